The van der Waals surface area contributed by atoms with Gasteiger partial charge in [-0.05, 0) is 30.9 Å². The van der Waals surface area contributed by atoms with E-state index in [1.165, 1.54) is 12.1 Å². The molecule has 18 heavy (non-hydrogen) atoms. The van der Waals surface area contributed by atoms with Crippen LogP contribution in [0.2, 0.25) is 5.02 Å². The topological polar surface area (TPSA) is 64.4 Å². The monoisotopic (exact) mass is 270 g/mol. The summed E-state index contributed by atoms with van der Waals surface area (Å²) in [6.45, 7) is 2.25. The SMILES string of the molecule is O=[N+]([O-])c1ccc(Cl)cc1NCC1CCOCC1. The number of benzene rings is 1. The van der Waals surface area contributed by atoms with Crippen molar-refractivity contribution in [3.05, 3.63) is 33.3 Å². The minimum absolute atomic E-state index is 0.0615. The third-order valence-electron chi connectivity index (χ3n) is 3.08. The Morgan fingerprint density at radius 2 is 2.17 bits per heavy atom. The third kappa shape index (κ3) is 3.34. The zero-order valence-corrected chi connectivity index (χ0v) is 10.7. The lowest BCUT2D eigenvalue weighted by atomic mass is 10.0. The Morgan fingerprint density at radius 1 is 1.44 bits per heavy atom. The van der Waals surface area contributed by atoms with Gasteiger partial charge in [0.1, 0.15) is 5.69 Å². The van der Waals surface area contributed by atoms with Crippen LogP contribution < -0.4 is 5.32 Å². The number of rotatable bonds is 4. The van der Waals surface area contributed by atoms with Gasteiger partial charge in [-0.1, -0.05) is 11.6 Å². The van der Waals surface area contributed by atoms with E-state index in [2.05, 4.69) is 5.32 Å². The number of nitro groups is 1. The van der Waals surface area contributed by atoms with Gasteiger partial charge in [-0.15, -0.1) is 0 Å². The van der Waals surface area contributed by atoms with Crippen LogP contribution in [0.5, 0.6) is 0 Å². The molecule has 0 bridgehead atoms. The molecule has 0 saturated carbocycles. The molecule has 0 unspecified atom stereocenters. The fourth-order valence-corrected chi connectivity index (χ4v) is 2.19. The molecule has 0 spiro atoms. The summed E-state index contributed by atoms with van der Waals surface area (Å²) < 4.78 is 5.28. The summed E-state index contributed by atoms with van der Waals surface area (Å²) in [7, 11) is 0. The van der Waals surface area contributed by atoms with Crippen molar-refractivity contribution in [2.24, 2.45) is 5.92 Å². The first kappa shape index (κ1) is 13.1. The van der Waals surface area contributed by atoms with Crippen molar-refractivity contribution in [3.63, 3.8) is 0 Å². The molecule has 1 aromatic rings. The summed E-state index contributed by atoms with van der Waals surface area (Å²) >= 11 is 5.86. The first-order valence-electron chi connectivity index (χ1n) is 5.92. The van der Waals surface area contributed by atoms with Crippen LogP contribution in [0.3, 0.4) is 0 Å². The molecule has 0 aliphatic carbocycles. The molecule has 0 aromatic heterocycles. The van der Waals surface area contributed by atoms with Crippen LogP contribution in [-0.4, -0.2) is 24.7 Å². The maximum Gasteiger partial charge on any atom is 0.292 e. The van der Waals surface area contributed by atoms with Crippen LogP contribution in [0, 0.1) is 16.0 Å². The van der Waals surface area contributed by atoms with Gasteiger partial charge in [0.15, 0.2) is 0 Å². The molecule has 1 aliphatic heterocycles. The van der Waals surface area contributed by atoms with Crippen LogP contribution in [0.15, 0.2) is 18.2 Å². The van der Waals surface area contributed by atoms with E-state index in [9.17, 15) is 10.1 Å². The summed E-state index contributed by atoms with van der Waals surface area (Å²) in [5.74, 6) is 0.498. The molecule has 5 nitrogen and oxygen atoms in total. The van der Waals surface area contributed by atoms with Crippen LogP contribution in [0.25, 0.3) is 0 Å². The van der Waals surface area contributed by atoms with Crippen LogP contribution >= 0.6 is 11.6 Å². The van der Waals surface area contributed by atoms with Gasteiger partial charge in [-0.3, -0.25) is 10.1 Å². The van der Waals surface area contributed by atoms with Gasteiger partial charge in [0.25, 0.3) is 5.69 Å². The van der Waals surface area contributed by atoms with Gasteiger partial charge in [0, 0.05) is 30.8 Å². The summed E-state index contributed by atoms with van der Waals surface area (Å²) in [6, 6.07) is 4.55. The number of nitrogens with zero attached hydrogens (tertiary/aromatic N) is 1. The van der Waals surface area contributed by atoms with Gasteiger partial charge < -0.3 is 10.1 Å². The molecule has 1 N–H and O–H groups in total. The largest absolute Gasteiger partial charge is 0.381 e. The van der Waals surface area contributed by atoms with Gasteiger partial charge in [0.2, 0.25) is 0 Å². The second kappa shape index (κ2) is 6.02. The third-order valence-corrected chi connectivity index (χ3v) is 3.31. The number of hydrogen-bond donors (Lipinski definition) is 1. The molecule has 1 saturated heterocycles. The second-order valence-electron chi connectivity index (χ2n) is 4.36. The molecule has 1 fully saturated rings. The Hall–Kier alpha value is -1.33. The fourth-order valence-electron chi connectivity index (χ4n) is 2.01. The van der Waals surface area contributed by atoms with Gasteiger partial charge >= 0.3 is 0 Å². The minimum Gasteiger partial charge on any atom is -0.381 e. The smallest absolute Gasteiger partial charge is 0.292 e. The molecule has 1 aliphatic rings. The normalized spacial score (nSPS) is 16.5. The number of nitrogens with one attached hydrogen (secondary N) is 1. The van der Waals surface area contributed by atoms with E-state index in [1.54, 1.807) is 6.07 Å². The highest BCUT2D eigenvalue weighted by Gasteiger charge is 2.17. The van der Waals surface area contributed by atoms with Crippen molar-refractivity contribution in [3.8, 4) is 0 Å². The highest BCUT2D eigenvalue weighted by molar-refractivity contribution is 6.31. The quantitative estimate of drug-likeness (QED) is 0.674. The Labute approximate surface area is 110 Å². The average Bonchev–Trinajstić information content (AvgIpc) is 2.37. The van der Waals surface area contributed by atoms with Gasteiger partial charge in [-0.25, -0.2) is 0 Å². The summed E-state index contributed by atoms with van der Waals surface area (Å²) in [5.41, 5.74) is 0.547. The first-order valence-corrected chi connectivity index (χ1v) is 6.30. The van der Waals surface area contributed by atoms with E-state index < -0.39 is 4.92 Å². The predicted octanol–water partition coefficient (Wildman–Crippen LogP) is 3.09. The standard InChI is InChI=1S/C12H15ClN2O3/c13-10-1-2-12(15(16)17)11(7-10)14-8-9-3-5-18-6-4-9/h1-2,7,9,14H,3-6,8H2. The number of halogens is 1. The number of hydrogen-bond acceptors (Lipinski definition) is 4. The van der Waals surface area contributed by atoms with E-state index >= 15 is 0 Å². The van der Waals surface area contributed by atoms with Crippen LogP contribution in [0.1, 0.15) is 12.8 Å². The van der Waals surface area contributed by atoms with E-state index in [0.29, 0.717) is 23.2 Å². The average molecular weight is 271 g/mol. The lowest BCUT2D eigenvalue weighted by Gasteiger charge is -2.22. The molecule has 0 amide bonds. The zero-order valence-electron chi connectivity index (χ0n) is 9.89. The number of anilines is 1. The first-order chi connectivity index (χ1) is 8.66. The zero-order chi connectivity index (χ0) is 13.0. The molecule has 0 atom stereocenters. The second-order valence-corrected chi connectivity index (χ2v) is 4.79. The Bertz CT molecular complexity index is 433. The van der Waals surface area contributed by atoms with E-state index in [4.69, 9.17) is 16.3 Å². The lowest BCUT2D eigenvalue weighted by Crippen LogP contribution is -2.22. The van der Waals surface area contributed by atoms with Crippen molar-refractivity contribution in [1.82, 2.24) is 0 Å². The maximum atomic E-state index is 10.9. The molecule has 2 rings (SSSR count). The van der Waals surface area contributed by atoms with Crippen molar-refractivity contribution in [2.45, 2.75) is 12.8 Å². The molecule has 0 radical (unpaired) electrons. The molecule has 98 valence electrons. The van der Waals surface area contributed by atoms with Crippen molar-refractivity contribution >= 4 is 23.0 Å². The predicted molar refractivity (Wildman–Crippen MR) is 70.1 cm³/mol. The fraction of sp³-hybridized carbons (Fsp3) is 0.500. The van der Waals surface area contributed by atoms with Crippen LogP contribution in [-0.2, 0) is 4.74 Å². The Balaban J connectivity index is 2.03. The molecule has 1 aromatic carbocycles. The minimum atomic E-state index is -0.400. The number of ether oxygens (including phenoxy) is 1. The molecule has 1 heterocycles. The summed E-state index contributed by atoms with van der Waals surface area (Å²) in [6.07, 6.45) is 1.97. The molecular formula is C12H15ClN2O3. The van der Waals surface area contributed by atoms with Crippen molar-refractivity contribution in [1.29, 1.82) is 0 Å². The van der Waals surface area contributed by atoms with E-state index in [0.717, 1.165) is 26.1 Å². The molecule has 6 heteroatoms. The highest BCUT2D eigenvalue weighted by atomic mass is 35.5. The highest BCUT2D eigenvalue weighted by Crippen LogP contribution is 2.28. The van der Waals surface area contributed by atoms with E-state index in [1.807, 2.05) is 0 Å². The van der Waals surface area contributed by atoms with Crippen molar-refractivity contribution < 1.29 is 9.66 Å². The molecular weight excluding hydrogens is 256 g/mol. The summed E-state index contributed by atoms with van der Waals surface area (Å²) in [5, 5.41) is 14.5. The Kier molecular flexibility index (Phi) is 4.38. The van der Waals surface area contributed by atoms with Gasteiger partial charge in [-0.2, -0.15) is 0 Å². The number of nitro benzene ring substituents is 1. The van der Waals surface area contributed by atoms with Crippen LogP contribution in [0.4, 0.5) is 11.4 Å². The Morgan fingerprint density at radius 3 is 2.83 bits per heavy atom. The van der Waals surface area contributed by atoms with Gasteiger partial charge in [0.05, 0.1) is 4.92 Å². The van der Waals surface area contributed by atoms with Crippen molar-refractivity contribution in [2.75, 3.05) is 25.1 Å². The lowest BCUT2D eigenvalue weighted by molar-refractivity contribution is -0.384. The van der Waals surface area contributed by atoms with E-state index in [-0.39, 0.29) is 5.69 Å². The maximum absolute atomic E-state index is 10.9. The summed E-state index contributed by atoms with van der Waals surface area (Å²) in [4.78, 5) is 10.5.